The molecule has 66 valence electrons. The number of rotatable bonds is 1. The quantitative estimate of drug-likeness (QED) is 0.683. The van der Waals surface area contributed by atoms with Gasteiger partial charge in [-0.15, -0.1) is 11.3 Å². The Kier molecular flexibility index (Phi) is 1.91. The largest absolute Gasteiger partial charge is 0.331 e. The molecule has 2 amide bonds. The van der Waals surface area contributed by atoms with Crippen LogP contribution in [0.1, 0.15) is 10.9 Å². The van der Waals surface area contributed by atoms with Crippen LogP contribution in [0.4, 0.5) is 4.79 Å². The van der Waals surface area contributed by atoms with Crippen LogP contribution in [-0.4, -0.2) is 17.5 Å². The number of nitrogens with one attached hydrogen (secondary N) is 1. The lowest BCUT2D eigenvalue weighted by molar-refractivity contribution is 0.232. The fourth-order valence-electron chi connectivity index (χ4n) is 1.27. The van der Waals surface area contributed by atoms with Gasteiger partial charge in [0, 0.05) is 4.88 Å². The topological polar surface area (TPSA) is 56.1 Å². The maximum Gasteiger partial charge on any atom is 0.331 e. The molecule has 1 saturated heterocycles. The standard InChI is InChI=1S/C8H7N3OS/c9-5-11-4-6(10-8(11)12)7-2-1-3-13-7/h1-3,6H,4H2,(H,10,12). The monoisotopic (exact) mass is 193 g/mol. The fraction of sp³-hybridized carbons (Fsp3) is 0.250. The smallest absolute Gasteiger partial charge is 0.328 e. The lowest BCUT2D eigenvalue weighted by Gasteiger charge is -2.03. The summed E-state index contributed by atoms with van der Waals surface area (Å²) in [5, 5.41) is 13.3. The van der Waals surface area contributed by atoms with Gasteiger partial charge < -0.3 is 5.32 Å². The average molecular weight is 193 g/mol. The Hall–Kier alpha value is -1.54. The molecule has 5 heteroatoms. The van der Waals surface area contributed by atoms with Crippen LogP contribution in [0.25, 0.3) is 0 Å². The van der Waals surface area contributed by atoms with Gasteiger partial charge in [-0.1, -0.05) is 6.07 Å². The van der Waals surface area contributed by atoms with Gasteiger partial charge in [-0.3, -0.25) is 0 Å². The zero-order chi connectivity index (χ0) is 9.26. The van der Waals surface area contributed by atoms with Crippen LogP contribution >= 0.6 is 11.3 Å². The van der Waals surface area contributed by atoms with Crippen molar-refractivity contribution in [2.24, 2.45) is 0 Å². The highest BCUT2D eigenvalue weighted by atomic mass is 32.1. The molecule has 0 bridgehead atoms. The molecule has 0 saturated carbocycles. The van der Waals surface area contributed by atoms with E-state index in [2.05, 4.69) is 5.32 Å². The molecule has 1 N–H and O–H groups in total. The fourth-order valence-corrected chi connectivity index (χ4v) is 2.04. The Bertz CT molecular complexity index is 354. The zero-order valence-electron chi connectivity index (χ0n) is 6.73. The summed E-state index contributed by atoms with van der Waals surface area (Å²) in [5.41, 5.74) is 0. The maximum absolute atomic E-state index is 11.1. The third-order valence-corrected chi connectivity index (χ3v) is 2.90. The van der Waals surface area contributed by atoms with E-state index in [0.717, 1.165) is 9.78 Å². The van der Waals surface area contributed by atoms with E-state index in [1.165, 1.54) is 0 Å². The molecule has 1 fully saturated rings. The second-order valence-electron chi connectivity index (χ2n) is 2.73. The highest BCUT2D eigenvalue weighted by Gasteiger charge is 2.30. The summed E-state index contributed by atoms with van der Waals surface area (Å²) in [4.78, 5) is 13.3. The van der Waals surface area contributed by atoms with Gasteiger partial charge in [-0.25, -0.2) is 9.69 Å². The Morgan fingerprint density at radius 1 is 1.77 bits per heavy atom. The van der Waals surface area contributed by atoms with Gasteiger partial charge in [0.1, 0.15) is 0 Å². The number of nitriles is 1. The lowest BCUT2D eigenvalue weighted by atomic mass is 10.2. The summed E-state index contributed by atoms with van der Waals surface area (Å²) in [6.07, 6.45) is 1.83. The van der Waals surface area contributed by atoms with Crippen molar-refractivity contribution in [3.8, 4) is 6.19 Å². The average Bonchev–Trinajstić information content (AvgIpc) is 2.71. The second kappa shape index (κ2) is 3.07. The van der Waals surface area contributed by atoms with Crippen LogP contribution in [0.2, 0.25) is 0 Å². The van der Waals surface area contributed by atoms with E-state index >= 15 is 0 Å². The van der Waals surface area contributed by atoms with Gasteiger partial charge >= 0.3 is 6.03 Å². The summed E-state index contributed by atoms with van der Waals surface area (Å²) >= 11 is 1.58. The maximum atomic E-state index is 11.1. The molecular weight excluding hydrogens is 186 g/mol. The van der Waals surface area contributed by atoms with E-state index in [1.807, 2.05) is 23.7 Å². The van der Waals surface area contributed by atoms with Gasteiger partial charge in [-0.05, 0) is 11.4 Å². The van der Waals surface area contributed by atoms with Crippen LogP contribution in [0.15, 0.2) is 17.5 Å². The highest BCUT2D eigenvalue weighted by Crippen LogP contribution is 2.23. The van der Waals surface area contributed by atoms with E-state index in [1.54, 1.807) is 11.3 Å². The van der Waals surface area contributed by atoms with Crippen LogP contribution in [0.3, 0.4) is 0 Å². The first-order valence-corrected chi connectivity index (χ1v) is 4.70. The van der Waals surface area contributed by atoms with E-state index in [4.69, 9.17) is 5.26 Å². The summed E-state index contributed by atoms with van der Waals surface area (Å²) in [6.45, 7) is 0.440. The summed E-state index contributed by atoms with van der Waals surface area (Å²) in [7, 11) is 0. The minimum atomic E-state index is -0.305. The molecule has 1 unspecified atom stereocenters. The van der Waals surface area contributed by atoms with E-state index < -0.39 is 0 Å². The number of carbonyl (C=O) groups excluding carboxylic acids is 1. The van der Waals surface area contributed by atoms with Crippen molar-refractivity contribution in [3.05, 3.63) is 22.4 Å². The molecule has 2 rings (SSSR count). The number of hydrogen-bond acceptors (Lipinski definition) is 3. The number of thiophene rings is 1. The van der Waals surface area contributed by atoms with E-state index in [-0.39, 0.29) is 12.1 Å². The number of amides is 2. The Morgan fingerprint density at radius 3 is 3.15 bits per heavy atom. The van der Waals surface area contributed by atoms with Crippen molar-refractivity contribution >= 4 is 17.4 Å². The summed E-state index contributed by atoms with van der Waals surface area (Å²) < 4.78 is 0. The number of urea groups is 1. The number of nitrogens with zero attached hydrogens (tertiary/aromatic N) is 2. The minimum absolute atomic E-state index is 0.0212. The molecule has 1 aliphatic rings. The molecule has 1 aromatic heterocycles. The van der Waals surface area contributed by atoms with Crippen molar-refractivity contribution in [1.29, 1.82) is 5.26 Å². The first-order valence-electron chi connectivity index (χ1n) is 3.82. The molecule has 0 aromatic carbocycles. The SMILES string of the molecule is N#CN1CC(c2cccs2)NC1=O. The van der Waals surface area contributed by atoms with Crippen LogP contribution in [0.5, 0.6) is 0 Å². The van der Waals surface area contributed by atoms with Gasteiger partial charge in [0.15, 0.2) is 6.19 Å². The van der Waals surface area contributed by atoms with Crippen molar-refractivity contribution in [2.45, 2.75) is 6.04 Å². The van der Waals surface area contributed by atoms with Crippen LogP contribution < -0.4 is 5.32 Å². The molecule has 0 spiro atoms. The molecule has 1 atom stereocenters. The number of carbonyl (C=O) groups is 1. The van der Waals surface area contributed by atoms with Crippen molar-refractivity contribution < 1.29 is 4.79 Å². The number of hydrogen-bond donors (Lipinski definition) is 1. The van der Waals surface area contributed by atoms with Crippen molar-refractivity contribution in [3.63, 3.8) is 0 Å². The molecular formula is C8H7N3OS. The minimum Gasteiger partial charge on any atom is -0.328 e. The molecule has 13 heavy (non-hydrogen) atoms. The zero-order valence-corrected chi connectivity index (χ0v) is 7.54. The highest BCUT2D eigenvalue weighted by molar-refractivity contribution is 7.10. The van der Waals surface area contributed by atoms with Crippen LogP contribution in [-0.2, 0) is 0 Å². The second-order valence-corrected chi connectivity index (χ2v) is 3.71. The van der Waals surface area contributed by atoms with Gasteiger partial charge in [0.05, 0.1) is 12.6 Å². The van der Waals surface area contributed by atoms with Crippen molar-refractivity contribution in [2.75, 3.05) is 6.54 Å². The van der Waals surface area contributed by atoms with Crippen LogP contribution in [0, 0.1) is 11.5 Å². The molecule has 1 aliphatic heterocycles. The van der Waals surface area contributed by atoms with E-state index in [0.29, 0.717) is 6.54 Å². The normalized spacial score (nSPS) is 21.3. The molecule has 2 heterocycles. The van der Waals surface area contributed by atoms with E-state index in [9.17, 15) is 4.79 Å². The molecule has 1 aromatic rings. The third kappa shape index (κ3) is 1.36. The Labute approximate surface area is 79.4 Å². The summed E-state index contributed by atoms with van der Waals surface area (Å²) in [6, 6.07) is 3.56. The molecule has 0 radical (unpaired) electrons. The first kappa shape index (κ1) is 8.08. The summed E-state index contributed by atoms with van der Waals surface area (Å²) in [5.74, 6) is 0. The van der Waals surface area contributed by atoms with Crippen molar-refractivity contribution in [1.82, 2.24) is 10.2 Å². The molecule has 0 aliphatic carbocycles. The van der Waals surface area contributed by atoms with Gasteiger partial charge in [-0.2, -0.15) is 5.26 Å². The predicted molar refractivity (Wildman–Crippen MR) is 47.9 cm³/mol. The predicted octanol–water partition coefficient (Wildman–Crippen LogP) is 1.30. The van der Waals surface area contributed by atoms with Gasteiger partial charge in [0.2, 0.25) is 0 Å². The Morgan fingerprint density at radius 2 is 2.62 bits per heavy atom. The first-order chi connectivity index (χ1) is 6.31. The lowest BCUT2D eigenvalue weighted by Crippen LogP contribution is -2.23. The Balaban J connectivity index is 2.15. The third-order valence-electron chi connectivity index (χ3n) is 1.92. The molecule has 4 nitrogen and oxygen atoms in total. The van der Waals surface area contributed by atoms with Gasteiger partial charge in [0.25, 0.3) is 0 Å².